The summed E-state index contributed by atoms with van der Waals surface area (Å²) in [5.41, 5.74) is 9.56. The number of pyridine rings is 4. The molecule has 360 valence electrons. The molecule has 0 spiro atoms. The molecular formula is C50H58Cl2N14O3. The number of carbonyl (C=O) groups is 2. The van der Waals surface area contributed by atoms with Crippen molar-refractivity contribution in [2.24, 2.45) is 17.6 Å². The number of fused-ring (bicyclic) bond motifs is 3. The van der Waals surface area contributed by atoms with Gasteiger partial charge in [-0.2, -0.15) is 0 Å². The Bertz CT molecular complexity index is 2770. The summed E-state index contributed by atoms with van der Waals surface area (Å²) < 4.78 is 0. The minimum atomic E-state index is -0.282. The number of nitrogens with one attached hydrogen (secondary N) is 4. The molecule has 2 fully saturated rings. The van der Waals surface area contributed by atoms with Crippen LogP contribution in [0.15, 0.2) is 97.8 Å². The van der Waals surface area contributed by atoms with Gasteiger partial charge in [-0.15, -0.1) is 0 Å². The maximum Gasteiger partial charge on any atom is 0.261 e. The zero-order valence-corrected chi connectivity index (χ0v) is 39.2. The Hall–Kier alpha value is -6.66. The molecule has 2 aliphatic carbocycles. The van der Waals surface area contributed by atoms with Crippen molar-refractivity contribution in [1.29, 1.82) is 0 Å². The van der Waals surface area contributed by atoms with E-state index in [0.29, 0.717) is 74.9 Å². The molecule has 0 radical (unpaired) electrons. The number of hydrogen-bond acceptors (Lipinski definition) is 16. The fourth-order valence-electron chi connectivity index (χ4n) is 8.74. The zero-order chi connectivity index (χ0) is 47.4. The van der Waals surface area contributed by atoms with Crippen molar-refractivity contribution in [2.45, 2.75) is 84.0 Å². The lowest BCUT2D eigenvalue weighted by atomic mass is 9.86. The van der Waals surface area contributed by atoms with E-state index in [0.717, 1.165) is 105 Å². The number of aliphatic hydroxyl groups is 1. The van der Waals surface area contributed by atoms with Crippen LogP contribution in [-0.2, 0) is 13.1 Å². The Kier molecular flexibility index (Phi) is 17.5. The summed E-state index contributed by atoms with van der Waals surface area (Å²) in [4.78, 5) is 61.3. The van der Waals surface area contributed by atoms with Crippen LogP contribution >= 0.6 is 23.2 Å². The fraction of sp³-hybridized carbons (Fsp3) is 0.360. The number of nitrogens with two attached hydrogens (primary N) is 1. The fourth-order valence-corrected chi connectivity index (χ4v) is 9.16. The van der Waals surface area contributed by atoms with Crippen LogP contribution in [0, 0.1) is 11.8 Å². The summed E-state index contributed by atoms with van der Waals surface area (Å²) in [6, 6.07) is 19.5. The third kappa shape index (κ3) is 12.7. The van der Waals surface area contributed by atoms with E-state index in [1.54, 1.807) is 61.4 Å². The monoisotopic (exact) mass is 972 g/mol. The zero-order valence-electron chi connectivity index (χ0n) is 37.7. The number of benzene rings is 1. The van der Waals surface area contributed by atoms with Gasteiger partial charge in [0.1, 0.15) is 22.7 Å². The van der Waals surface area contributed by atoms with Gasteiger partial charge in [0, 0.05) is 97.9 Å². The van der Waals surface area contributed by atoms with E-state index in [1.807, 2.05) is 36.4 Å². The second kappa shape index (κ2) is 24.1. The molecular weight excluding hydrogens is 916 g/mol. The molecule has 6 aromatic heterocycles. The minimum Gasteiger partial charge on any atom is -0.400 e. The average molecular weight is 974 g/mol. The molecule has 0 unspecified atom stereocenters. The van der Waals surface area contributed by atoms with Crippen molar-refractivity contribution < 1.29 is 14.7 Å². The highest BCUT2D eigenvalue weighted by atomic mass is 35.5. The molecule has 69 heavy (non-hydrogen) atoms. The molecule has 0 saturated heterocycles. The molecule has 7 heterocycles. The summed E-state index contributed by atoms with van der Waals surface area (Å²) in [7, 11) is 1.00. The first kappa shape index (κ1) is 50.2. The molecule has 1 aromatic carbocycles. The van der Waals surface area contributed by atoms with Gasteiger partial charge in [0.2, 0.25) is 11.9 Å². The van der Waals surface area contributed by atoms with Gasteiger partial charge in [-0.25, -0.2) is 39.9 Å². The first-order valence-corrected chi connectivity index (χ1v) is 23.6. The number of rotatable bonds is 13. The third-order valence-corrected chi connectivity index (χ3v) is 13.0. The number of halogens is 2. The molecule has 2 amide bonds. The van der Waals surface area contributed by atoms with E-state index in [1.165, 1.54) is 4.90 Å². The Balaban J connectivity index is 0.000000202. The predicted molar refractivity (Wildman–Crippen MR) is 272 cm³/mol. The Labute approximate surface area is 411 Å². The Morgan fingerprint density at radius 2 is 1.01 bits per heavy atom. The SMILES string of the molecule is C.CO.NCc1cnc(NCC2CCC(Nc3ccc4ccnc(Cl)c4n3)CC2)nc1.O=C1c2ccccc2C(=O)N1Cc1cnc(NCC2CCC(Nc3ccc4ccnc(Cl)c4n3)CC2)nc1. The van der Waals surface area contributed by atoms with E-state index < -0.39 is 0 Å². The van der Waals surface area contributed by atoms with Crippen LogP contribution < -0.4 is 27.0 Å². The number of anilines is 4. The van der Waals surface area contributed by atoms with Gasteiger partial charge >= 0.3 is 0 Å². The molecule has 10 rings (SSSR count). The summed E-state index contributed by atoms with van der Waals surface area (Å²) in [6.45, 7) is 2.30. The Morgan fingerprint density at radius 3 is 1.43 bits per heavy atom. The lowest BCUT2D eigenvalue weighted by molar-refractivity contribution is 0.0642. The maximum atomic E-state index is 12.6. The average Bonchev–Trinajstić information content (AvgIpc) is 3.62. The van der Waals surface area contributed by atoms with Gasteiger partial charge < -0.3 is 32.1 Å². The van der Waals surface area contributed by atoms with Crippen molar-refractivity contribution in [2.75, 3.05) is 41.5 Å². The molecule has 17 nitrogen and oxygen atoms in total. The van der Waals surface area contributed by atoms with Crippen LogP contribution in [0.5, 0.6) is 0 Å². The van der Waals surface area contributed by atoms with Crippen LogP contribution in [0.2, 0.25) is 10.3 Å². The quantitative estimate of drug-likeness (QED) is 0.0468. The molecule has 7 aromatic rings. The smallest absolute Gasteiger partial charge is 0.261 e. The third-order valence-electron chi connectivity index (χ3n) is 12.5. The van der Waals surface area contributed by atoms with E-state index >= 15 is 0 Å². The van der Waals surface area contributed by atoms with Crippen LogP contribution in [0.4, 0.5) is 23.5 Å². The van der Waals surface area contributed by atoms with Gasteiger partial charge in [0.05, 0.1) is 17.7 Å². The van der Waals surface area contributed by atoms with Gasteiger partial charge in [-0.3, -0.25) is 14.5 Å². The lowest BCUT2D eigenvalue weighted by Gasteiger charge is -2.29. The first-order valence-electron chi connectivity index (χ1n) is 22.8. The lowest BCUT2D eigenvalue weighted by Crippen LogP contribution is -2.29. The molecule has 19 heteroatoms. The van der Waals surface area contributed by atoms with Crippen LogP contribution in [0.25, 0.3) is 21.8 Å². The normalized spacial score (nSPS) is 18.5. The van der Waals surface area contributed by atoms with Crippen LogP contribution in [0.1, 0.15) is 90.6 Å². The van der Waals surface area contributed by atoms with Gasteiger partial charge in [-0.05, 0) is 112 Å². The number of aromatic nitrogens is 8. The highest BCUT2D eigenvalue weighted by molar-refractivity contribution is 6.34. The van der Waals surface area contributed by atoms with Crippen molar-refractivity contribution in [3.63, 3.8) is 0 Å². The molecule has 3 aliphatic rings. The highest BCUT2D eigenvalue weighted by Crippen LogP contribution is 2.30. The molecule has 1 aliphatic heterocycles. The van der Waals surface area contributed by atoms with Crippen molar-refractivity contribution >= 4 is 80.4 Å². The van der Waals surface area contributed by atoms with Gasteiger partial charge in [-0.1, -0.05) is 42.8 Å². The molecule has 0 atom stereocenters. The molecule has 7 N–H and O–H groups in total. The predicted octanol–water partition coefficient (Wildman–Crippen LogP) is 8.81. The summed E-state index contributed by atoms with van der Waals surface area (Å²) >= 11 is 12.4. The van der Waals surface area contributed by atoms with Gasteiger partial charge in [0.25, 0.3) is 11.8 Å². The topological polar surface area (TPSA) is 235 Å². The van der Waals surface area contributed by atoms with Crippen LogP contribution in [0.3, 0.4) is 0 Å². The first-order chi connectivity index (χ1) is 33.3. The number of amides is 2. The molecule has 0 bridgehead atoms. The number of imide groups is 1. The van der Waals surface area contributed by atoms with E-state index in [2.05, 4.69) is 61.1 Å². The number of carbonyl (C=O) groups excluding carboxylic acids is 2. The van der Waals surface area contributed by atoms with E-state index in [-0.39, 0.29) is 25.8 Å². The summed E-state index contributed by atoms with van der Waals surface area (Å²) in [5.74, 6) is 3.48. The second-order valence-corrected chi connectivity index (χ2v) is 17.7. The maximum absolute atomic E-state index is 12.6. The minimum absolute atomic E-state index is 0. The largest absolute Gasteiger partial charge is 0.400 e. The van der Waals surface area contributed by atoms with E-state index in [9.17, 15) is 9.59 Å². The Morgan fingerprint density at radius 1 is 0.594 bits per heavy atom. The van der Waals surface area contributed by atoms with Crippen molar-refractivity contribution in [3.05, 3.63) is 130 Å². The summed E-state index contributed by atoms with van der Waals surface area (Å²) in [5, 5.41) is 23.6. The van der Waals surface area contributed by atoms with Crippen molar-refractivity contribution in [3.8, 4) is 0 Å². The number of hydrogen-bond donors (Lipinski definition) is 6. The standard InChI is InChI=1S/C28H26ClN7O2.C20H24ClN7.CH4O.CH4/c29-25-24-19(11-12-30-25)7-10-23(35-24)34-20-8-5-17(6-9-20)13-31-28-32-14-18(15-33-28)16-36-26(37)21-3-1-2-4-22(21)27(36)38;21-19-18-15(7-8-23-19)3-6-17(28-18)27-16-4-1-13(2-5-16)10-24-20-25-11-14(9-22)12-26-20;1-2;/h1-4,7,10-12,14-15,17,20H,5-6,8-9,13,16H2,(H,34,35)(H,31,32,33);3,6-8,11-13,16H,1-2,4-5,9-10,22H2,(H,27,28)(H,24,25,26);2H,1H3;1H4. The molecule has 2 saturated carbocycles. The summed E-state index contributed by atoms with van der Waals surface area (Å²) in [6.07, 6.45) is 19.1. The highest BCUT2D eigenvalue weighted by Gasteiger charge is 2.35. The number of aliphatic hydroxyl groups excluding tert-OH is 1. The second-order valence-electron chi connectivity index (χ2n) is 17.0. The van der Waals surface area contributed by atoms with E-state index in [4.69, 9.17) is 34.0 Å². The van der Waals surface area contributed by atoms with Crippen LogP contribution in [-0.4, -0.2) is 94.0 Å². The van der Waals surface area contributed by atoms with Gasteiger partial charge in [0.15, 0.2) is 10.3 Å². The number of nitrogens with zero attached hydrogens (tertiary/aromatic N) is 9. The van der Waals surface area contributed by atoms with Crippen molar-refractivity contribution in [1.82, 2.24) is 44.8 Å².